The summed E-state index contributed by atoms with van der Waals surface area (Å²) in [5.41, 5.74) is 0.238. The number of carbonyl (C=O) groups is 2. The quantitative estimate of drug-likeness (QED) is 0.655. The highest BCUT2D eigenvalue weighted by Crippen LogP contribution is 2.67. The van der Waals surface area contributed by atoms with E-state index in [9.17, 15) is 9.59 Å². The van der Waals surface area contributed by atoms with Gasteiger partial charge >= 0.3 is 0 Å². The second-order valence-corrected chi connectivity index (χ2v) is 5.60. The van der Waals surface area contributed by atoms with Crippen LogP contribution in [0.1, 0.15) is 34.6 Å². The highest BCUT2D eigenvalue weighted by atomic mass is 16.2. The highest BCUT2D eigenvalue weighted by molar-refractivity contribution is 5.89. The maximum absolute atomic E-state index is 11.6. The van der Waals surface area contributed by atoms with Crippen LogP contribution in [-0.2, 0) is 9.59 Å². The van der Waals surface area contributed by atoms with Crippen molar-refractivity contribution in [3.8, 4) is 0 Å². The molecule has 0 bridgehead atoms. The molecule has 1 aliphatic heterocycles. The van der Waals surface area contributed by atoms with Crippen LogP contribution in [0.15, 0.2) is 0 Å². The van der Waals surface area contributed by atoms with Gasteiger partial charge in [-0.1, -0.05) is 13.8 Å². The average molecular weight is 209 g/mol. The van der Waals surface area contributed by atoms with Gasteiger partial charge in [0.1, 0.15) is 0 Å². The lowest BCUT2D eigenvalue weighted by Crippen LogP contribution is -2.47. The Labute approximate surface area is 90.8 Å². The summed E-state index contributed by atoms with van der Waals surface area (Å²) in [7, 11) is 0. The molecule has 1 heterocycles. The molecular formula is C12H19NO2. The third kappa shape index (κ3) is 1.18. The molecule has 4 atom stereocenters. The summed E-state index contributed by atoms with van der Waals surface area (Å²) in [6.07, 6.45) is 0. The van der Waals surface area contributed by atoms with Gasteiger partial charge in [-0.05, 0) is 31.1 Å². The molecule has 2 rings (SSSR count). The van der Waals surface area contributed by atoms with Gasteiger partial charge in [0.15, 0.2) is 5.78 Å². The zero-order valence-electron chi connectivity index (χ0n) is 10.1. The van der Waals surface area contributed by atoms with Crippen molar-refractivity contribution in [2.75, 3.05) is 0 Å². The maximum atomic E-state index is 11.6. The van der Waals surface area contributed by atoms with Gasteiger partial charge in [0.25, 0.3) is 0 Å². The number of rotatable bonds is 1. The van der Waals surface area contributed by atoms with Gasteiger partial charge in [-0.2, -0.15) is 0 Å². The minimum Gasteiger partial charge on any atom is -0.330 e. The molecule has 0 N–H and O–H groups in total. The van der Waals surface area contributed by atoms with Crippen LogP contribution >= 0.6 is 0 Å². The zero-order valence-corrected chi connectivity index (χ0v) is 10.1. The fraction of sp³-hybridized carbons (Fsp3) is 0.833. The van der Waals surface area contributed by atoms with Crippen LogP contribution in [-0.4, -0.2) is 28.7 Å². The van der Waals surface area contributed by atoms with Gasteiger partial charge in [-0.3, -0.25) is 9.59 Å². The standard InChI is InChI=1S/C12H19NO2/c1-6-9-10(12(9,4)5)11(7(2)14)13(6)8(3)15/h6,9-11H,1-5H3/t6?,9-,10-,11+/m0/s1. The lowest BCUT2D eigenvalue weighted by Gasteiger charge is -2.32. The molecule has 0 aromatic carbocycles. The maximum Gasteiger partial charge on any atom is 0.220 e. The molecule has 0 aromatic rings. The Morgan fingerprint density at radius 2 is 1.67 bits per heavy atom. The van der Waals surface area contributed by atoms with Crippen molar-refractivity contribution in [3.05, 3.63) is 0 Å². The van der Waals surface area contributed by atoms with Crippen molar-refractivity contribution in [3.63, 3.8) is 0 Å². The molecule has 0 radical (unpaired) electrons. The number of hydrogen-bond donors (Lipinski definition) is 0. The largest absolute Gasteiger partial charge is 0.330 e. The molecular weight excluding hydrogens is 190 g/mol. The van der Waals surface area contributed by atoms with Gasteiger partial charge in [0.05, 0.1) is 6.04 Å². The van der Waals surface area contributed by atoms with Crippen molar-refractivity contribution < 1.29 is 9.59 Å². The first kappa shape index (κ1) is 10.7. The van der Waals surface area contributed by atoms with Crippen LogP contribution in [0.5, 0.6) is 0 Å². The van der Waals surface area contributed by atoms with E-state index in [2.05, 4.69) is 20.8 Å². The summed E-state index contributed by atoms with van der Waals surface area (Å²) in [6, 6.07) is 0.0499. The lowest BCUT2D eigenvalue weighted by atomic mass is 9.97. The molecule has 3 nitrogen and oxygen atoms in total. The van der Waals surface area contributed by atoms with Gasteiger partial charge in [-0.25, -0.2) is 0 Å². The molecule has 1 amide bonds. The van der Waals surface area contributed by atoms with Crippen LogP contribution in [0.3, 0.4) is 0 Å². The minimum atomic E-state index is -0.169. The Kier molecular flexibility index (Phi) is 2.01. The first-order chi connectivity index (χ1) is 6.80. The van der Waals surface area contributed by atoms with Crippen LogP contribution in [0.25, 0.3) is 0 Å². The van der Waals surface area contributed by atoms with E-state index in [0.717, 1.165) is 0 Å². The molecule has 1 saturated heterocycles. The molecule has 0 spiro atoms. The Morgan fingerprint density at radius 1 is 1.13 bits per heavy atom. The molecule has 15 heavy (non-hydrogen) atoms. The van der Waals surface area contributed by atoms with Crippen molar-refractivity contribution in [2.24, 2.45) is 17.3 Å². The van der Waals surface area contributed by atoms with Gasteiger partial charge < -0.3 is 4.90 Å². The second kappa shape index (κ2) is 2.83. The van der Waals surface area contributed by atoms with Crippen molar-refractivity contribution >= 4 is 11.7 Å². The third-order valence-electron chi connectivity index (χ3n) is 4.37. The van der Waals surface area contributed by atoms with E-state index < -0.39 is 0 Å². The second-order valence-electron chi connectivity index (χ2n) is 5.60. The molecule has 1 aliphatic carbocycles. The SMILES string of the molecule is CC(=O)[C@@H]1[C@@H]2[C@H](C(C)N1C(C)=O)C2(C)C. The molecule has 1 saturated carbocycles. The molecule has 2 aliphatic rings. The number of ketones is 1. The molecule has 84 valence electrons. The Bertz CT molecular complexity index is 335. The highest BCUT2D eigenvalue weighted by Gasteiger charge is 2.71. The van der Waals surface area contributed by atoms with Crippen LogP contribution in [0, 0.1) is 17.3 Å². The molecule has 0 aromatic heterocycles. The van der Waals surface area contributed by atoms with Gasteiger partial charge in [0.2, 0.25) is 5.91 Å². The van der Waals surface area contributed by atoms with Crippen LogP contribution in [0.2, 0.25) is 0 Å². The van der Waals surface area contributed by atoms with E-state index in [-0.39, 0.29) is 29.2 Å². The summed E-state index contributed by atoms with van der Waals surface area (Å²) in [5.74, 6) is 1.06. The topological polar surface area (TPSA) is 37.4 Å². The summed E-state index contributed by atoms with van der Waals surface area (Å²) in [6.45, 7) is 9.63. The number of amides is 1. The zero-order chi connectivity index (χ0) is 11.5. The normalized spacial score (nSPS) is 41.3. The molecule has 3 heteroatoms. The smallest absolute Gasteiger partial charge is 0.220 e. The number of nitrogens with zero attached hydrogens (tertiary/aromatic N) is 1. The molecule has 1 unspecified atom stereocenters. The number of fused-ring (bicyclic) bond motifs is 1. The number of hydrogen-bond acceptors (Lipinski definition) is 2. The number of Topliss-reactive ketones (excluding diaryl/α,β-unsaturated/α-hetero) is 1. The van der Waals surface area contributed by atoms with Crippen LogP contribution in [0.4, 0.5) is 0 Å². The van der Waals surface area contributed by atoms with Crippen molar-refractivity contribution in [1.82, 2.24) is 4.90 Å². The summed E-state index contributed by atoms with van der Waals surface area (Å²) < 4.78 is 0. The average Bonchev–Trinajstić information content (AvgIpc) is 2.50. The third-order valence-corrected chi connectivity index (χ3v) is 4.37. The fourth-order valence-electron chi connectivity index (χ4n) is 3.77. The van der Waals surface area contributed by atoms with Gasteiger partial charge in [-0.15, -0.1) is 0 Å². The minimum absolute atomic E-state index is 0.0331. The first-order valence-electron chi connectivity index (χ1n) is 5.59. The van der Waals surface area contributed by atoms with E-state index in [1.165, 1.54) is 0 Å². The predicted octanol–water partition coefficient (Wildman–Crippen LogP) is 1.47. The fourth-order valence-corrected chi connectivity index (χ4v) is 3.77. The Balaban J connectivity index is 2.32. The van der Waals surface area contributed by atoms with Crippen LogP contribution < -0.4 is 0 Å². The van der Waals surface area contributed by atoms with E-state index in [0.29, 0.717) is 11.8 Å². The van der Waals surface area contributed by atoms with E-state index >= 15 is 0 Å². The monoisotopic (exact) mass is 209 g/mol. The lowest BCUT2D eigenvalue weighted by molar-refractivity contribution is -0.139. The summed E-state index contributed by atoms with van der Waals surface area (Å²) in [5, 5.41) is 0. The van der Waals surface area contributed by atoms with Crippen molar-refractivity contribution in [2.45, 2.75) is 46.7 Å². The predicted molar refractivity (Wildman–Crippen MR) is 57.2 cm³/mol. The summed E-state index contributed by atoms with van der Waals surface area (Å²) >= 11 is 0. The Hall–Kier alpha value is -0.860. The number of likely N-dealkylation sites (tertiary alicyclic amines) is 1. The molecule has 2 fully saturated rings. The van der Waals surface area contributed by atoms with Gasteiger partial charge in [0, 0.05) is 13.0 Å². The number of piperidine rings is 1. The summed E-state index contributed by atoms with van der Waals surface area (Å²) in [4.78, 5) is 24.9. The van der Waals surface area contributed by atoms with Crippen molar-refractivity contribution in [1.29, 1.82) is 0 Å². The Morgan fingerprint density at radius 3 is 2.07 bits per heavy atom. The van der Waals surface area contributed by atoms with E-state index in [1.54, 1.807) is 18.7 Å². The number of carbonyl (C=O) groups excluding carboxylic acids is 2. The first-order valence-corrected chi connectivity index (χ1v) is 5.59. The van der Waals surface area contributed by atoms with E-state index in [4.69, 9.17) is 0 Å². The van der Waals surface area contributed by atoms with E-state index in [1.807, 2.05) is 0 Å².